The van der Waals surface area contributed by atoms with Crippen LogP contribution in [0, 0.1) is 0 Å². The fourth-order valence-electron chi connectivity index (χ4n) is 2.75. The zero-order chi connectivity index (χ0) is 21.6. The van der Waals surface area contributed by atoms with Gasteiger partial charge < -0.3 is 0 Å². The SMILES string of the molecule is CS(=O)(=O)N(Cc1ccccc1)c1ccc(C(=O)N/N=C/c2cccc(Br)c2)cc1. The van der Waals surface area contributed by atoms with Crippen molar-refractivity contribution >= 4 is 43.8 Å². The van der Waals surface area contributed by atoms with Crippen molar-refractivity contribution in [3.8, 4) is 0 Å². The summed E-state index contributed by atoms with van der Waals surface area (Å²) >= 11 is 3.38. The van der Waals surface area contributed by atoms with Crippen molar-refractivity contribution in [2.24, 2.45) is 5.10 Å². The van der Waals surface area contributed by atoms with E-state index in [0.717, 1.165) is 21.9 Å². The molecule has 0 heterocycles. The van der Waals surface area contributed by atoms with Gasteiger partial charge in [-0.3, -0.25) is 9.10 Å². The van der Waals surface area contributed by atoms with Crippen LogP contribution in [0.5, 0.6) is 0 Å². The Bertz CT molecular complexity index is 1150. The van der Waals surface area contributed by atoms with Gasteiger partial charge in [0.25, 0.3) is 5.91 Å². The maximum Gasteiger partial charge on any atom is 0.271 e. The predicted octanol–water partition coefficient (Wildman–Crippen LogP) is 4.18. The molecule has 0 saturated carbocycles. The molecule has 3 aromatic rings. The van der Waals surface area contributed by atoms with Crippen molar-refractivity contribution in [2.75, 3.05) is 10.6 Å². The molecule has 0 spiro atoms. The van der Waals surface area contributed by atoms with Crippen molar-refractivity contribution < 1.29 is 13.2 Å². The van der Waals surface area contributed by atoms with Crippen molar-refractivity contribution in [1.29, 1.82) is 0 Å². The number of carbonyl (C=O) groups is 1. The smallest absolute Gasteiger partial charge is 0.267 e. The van der Waals surface area contributed by atoms with Crippen LogP contribution in [-0.4, -0.2) is 26.8 Å². The van der Waals surface area contributed by atoms with Crippen LogP contribution in [0.25, 0.3) is 0 Å². The summed E-state index contributed by atoms with van der Waals surface area (Å²) < 4.78 is 26.8. The van der Waals surface area contributed by atoms with Crippen LogP contribution in [0.3, 0.4) is 0 Å². The first-order valence-corrected chi connectivity index (χ1v) is 11.7. The van der Waals surface area contributed by atoms with Gasteiger partial charge in [-0.2, -0.15) is 5.10 Å². The summed E-state index contributed by atoms with van der Waals surface area (Å²) in [5.41, 5.74) is 5.03. The van der Waals surface area contributed by atoms with Gasteiger partial charge in [0, 0.05) is 10.0 Å². The second-order valence-electron chi connectivity index (χ2n) is 6.56. The molecule has 8 heteroatoms. The van der Waals surface area contributed by atoms with Gasteiger partial charge in [0.05, 0.1) is 24.7 Å². The molecule has 0 radical (unpaired) electrons. The molecule has 0 fully saturated rings. The second-order valence-corrected chi connectivity index (χ2v) is 9.38. The van der Waals surface area contributed by atoms with E-state index in [9.17, 15) is 13.2 Å². The highest BCUT2D eigenvalue weighted by Crippen LogP contribution is 2.21. The fraction of sp³-hybridized carbons (Fsp3) is 0.0909. The summed E-state index contributed by atoms with van der Waals surface area (Å²) in [5, 5.41) is 3.96. The molecule has 154 valence electrons. The zero-order valence-corrected chi connectivity index (χ0v) is 18.6. The molecule has 30 heavy (non-hydrogen) atoms. The average molecular weight is 486 g/mol. The molecule has 0 aliphatic heterocycles. The van der Waals surface area contributed by atoms with E-state index in [4.69, 9.17) is 0 Å². The molecule has 0 saturated heterocycles. The third kappa shape index (κ3) is 6.01. The second kappa shape index (κ2) is 9.69. The minimum Gasteiger partial charge on any atom is -0.267 e. The lowest BCUT2D eigenvalue weighted by Gasteiger charge is -2.22. The fourth-order valence-corrected chi connectivity index (χ4v) is 4.05. The maximum absolute atomic E-state index is 12.3. The molecular weight excluding hydrogens is 466 g/mol. The number of sulfonamides is 1. The van der Waals surface area contributed by atoms with E-state index in [1.54, 1.807) is 30.5 Å². The summed E-state index contributed by atoms with van der Waals surface area (Å²) in [6, 6.07) is 23.2. The van der Waals surface area contributed by atoms with E-state index >= 15 is 0 Å². The van der Waals surface area contributed by atoms with Crippen LogP contribution in [0.15, 0.2) is 88.4 Å². The number of hydrogen-bond acceptors (Lipinski definition) is 4. The number of nitrogens with zero attached hydrogens (tertiary/aromatic N) is 2. The van der Waals surface area contributed by atoms with Gasteiger partial charge in [-0.15, -0.1) is 0 Å². The molecule has 0 aromatic heterocycles. The highest BCUT2D eigenvalue weighted by Gasteiger charge is 2.18. The first-order chi connectivity index (χ1) is 14.3. The first-order valence-electron chi connectivity index (χ1n) is 9.03. The van der Waals surface area contributed by atoms with Crippen molar-refractivity contribution in [3.05, 3.63) is 100 Å². The summed E-state index contributed by atoms with van der Waals surface area (Å²) in [6.07, 6.45) is 2.70. The Morgan fingerprint density at radius 1 is 1.03 bits per heavy atom. The van der Waals surface area contributed by atoms with E-state index in [1.807, 2.05) is 54.6 Å². The number of halogens is 1. The molecule has 0 atom stereocenters. The minimum absolute atomic E-state index is 0.210. The lowest BCUT2D eigenvalue weighted by atomic mass is 10.2. The first kappa shape index (κ1) is 21.7. The molecule has 0 aliphatic carbocycles. The van der Waals surface area contributed by atoms with Crippen LogP contribution >= 0.6 is 15.9 Å². The van der Waals surface area contributed by atoms with Gasteiger partial charge in [-0.1, -0.05) is 58.4 Å². The molecular formula is C22H20BrN3O3S. The monoisotopic (exact) mass is 485 g/mol. The number of rotatable bonds is 7. The van der Waals surface area contributed by atoms with Crippen LogP contribution in [0.4, 0.5) is 5.69 Å². The molecule has 0 unspecified atom stereocenters. The summed E-state index contributed by atoms with van der Waals surface area (Å²) in [7, 11) is -3.49. The van der Waals surface area contributed by atoms with Crippen LogP contribution in [0.2, 0.25) is 0 Å². The lowest BCUT2D eigenvalue weighted by Crippen LogP contribution is -2.29. The maximum atomic E-state index is 12.3. The van der Waals surface area contributed by atoms with E-state index in [-0.39, 0.29) is 12.5 Å². The third-order valence-corrected chi connectivity index (χ3v) is 5.85. The lowest BCUT2D eigenvalue weighted by molar-refractivity contribution is 0.0955. The van der Waals surface area contributed by atoms with Crippen molar-refractivity contribution in [1.82, 2.24) is 5.43 Å². The van der Waals surface area contributed by atoms with Gasteiger partial charge in [-0.05, 0) is 47.5 Å². The number of amides is 1. The Labute approximate surface area is 184 Å². The van der Waals surface area contributed by atoms with Gasteiger partial charge in [0.15, 0.2) is 0 Å². The molecule has 1 N–H and O–H groups in total. The van der Waals surface area contributed by atoms with Crippen LogP contribution < -0.4 is 9.73 Å². The van der Waals surface area contributed by atoms with Crippen LogP contribution in [-0.2, 0) is 16.6 Å². The van der Waals surface area contributed by atoms with E-state index in [1.165, 1.54) is 4.31 Å². The van der Waals surface area contributed by atoms with Gasteiger partial charge >= 0.3 is 0 Å². The number of hydrogen-bond donors (Lipinski definition) is 1. The largest absolute Gasteiger partial charge is 0.271 e. The molecule has 0 bridgehead atoms. The van der Waals surface area contributed by atoms with Crippen molar-refractivity contribution in [3.63, 3.8) is 0 Å². The topological polar surface area (TPSA) is 78.8 Å². The normalized spacial score (nSPS) is 11.4. The number of benzene rings is 3. The van der Waals surface area contributed by atoms with Gasteiger partial charge in [0.1, 0.15) is 0 Å². The van der Waals surface area contributed by atoms with Crippen molar-refractivity contribution in [2.45, 2.75) is 6.54 Å². The quantitative estimate of drug-likeness (QED) is 0.402. The Balaban J connectivity index is 1.71. The van der Waals surface area contributed by atoms with Gasteiger partial charge in [0.2, 0.25) is 10.0 Å². The summed E-state index contributed by atoms with van der Waals surface area (Å²) in [5.74, 6) is -0.387. The molecule has 0 aliphatic rings. The molecule has 6 nitrogen and oxygen atoms in total. The van der Waals surface area contributed by atoms with Crippen LogP contribution in [0.1, 0.15) is 21.5 Å². The predicted molar refractivity (Wildman–Crippen MR) is 123 cm³/mol. The third-order valence-electron chi connectivity index (χ3n) is 4.22. The Morgan fingerprint density at radius 2 is 1.73 bits per heavy atom. The van der Waals surface area contributed by atoms with Gasteiger partial charge in [-0.25, -0.2) is 13.8 Å². The number of nitrogens with one attached hydrogen (secondary N) is 1. The molecule has 3 rings (SSSR count). The van der Waals surface area contributed by atoms with E-state index < -0.39 is 10.0 Å². The highest BCUT2D eigenvalue weighted by atomic mass is 79.9. The Kier molecular flexibility index (Phi) is 7.02. The minimum atomic E-state index is -3.49. The molecule has 1 amide bonds. The highest BCUT2D eigenvalue weighted by molar-refractivity contribution is 9.10. The average Bonchev–Trinajstić information content (AvgIpc) is 2.72. The summed E-state index contributed by atoms with van der Waals surface area (Å²) in [6.45, 7) is 0.210. The Morgan fingerprint density at radius 3 is 2.37 bits per heavy atom. The standard InChI is InChI=1S/C22H20BrN3O3S/c1-30(28,29)26(16-17-6-3-2-4-7-17)21-12-10-19(11-13-21)22(27)25-24-15-18-8-5-9-20(23)14-18/h2-15H,16H2,1H3,(H,25,27)/b24-15+. The number of hydrazone groups is 1. The number of anilines is 1. The Hall–Kier alpha value is -2.97. The van der Waals surface area contributed by atoms with E-state index in [2.05, 4.69) is 26.5 Å². The molecule has 3 aromatic carbocycles. The number of carbonyl (C=O) groups excluding carboxylic acids is 1. The summed E-state index contributed by atoms with van der Waals surface area (Å²) in [4.78, 5) is 12.3. The zero-order valence-electron chi connectivity index (χ0n) is 16.2. The van der Waals surface area contributed by atoms with E-state index in [0.29, 0.717) is 11.3 Å².